The summed E-state index contributed by atoms with van der Waals surface area (Å²) in [5.74, 6) is 0.978. The first-order valence-electron chi connectivity index (χ1n) is 8.92. The van der Waals surface area contributed by atoms with Crippen LogP contribution in [0.25, 0.3) is 0 Å². The number of amides is 2. The van der Waals surface area contributed by atoms with E-state index < -0.39 is 0 Å². The smallest absolute Gasteiger partial charge is 0.239 e. The molecule has 1 saturated heterocycles. The van der Waals surface area contributed by atoms with Crippen molar-refractivity contribution in [2.75, 3.05) is 19.6 Å². The molecule has 0 aromatic rings. The molecule has 1 aliphatic heterocycles. The number of hydrogen-bond acceptors (Lipinski definition) is 3. The van der Waals surface area contributed by atoms with Crippen LogP contribution in [0, 0.1) is 11.8 Å². The molecule has 0 aromatic heterocycles. The molecule has 1 aliphatic carbocycles. The average Bonchev–Trinajstić information content (AvgIpc) is 2.55. The van der Waals surface area contributed by atoms with Crippen molar-refractivity contribution in [2.45, 2.75) is 64.3 Å². The minimum absolute atomic E-state index is 0.00447. The highest BCUT2D eigenvalue weighted by Crippen LogP contribution is 2.24. The maximum absolute atomic E-state index is 12.0. The van der Waals surface area contributed by atoms with Crippen LogP contribution in [0.4, 0.5) is 0 Å². The molecular weight excluding hydrogens is 278 g/mol. The highest BCUT2D eigenvalue weighted by Gasteiger charge is 2.22. The van der Waals surface area contributed by atoms with Crippen LogP contribution in [0.2, 0.25) is 0 Å². The first kappa shape index (κ1) is 17.3. The van der Waals surface area contributed by atoms with Crippen LogP contribution in [0.3, 0.4) is 0 Å². The predicted octanol–water partition coefficient (Wildman–Crippen LogP) is 1.58. The van der Waals surface area contributed by atoms with Crippen molar-refractivity contribution < 1.29 is 9.59 Å². The predicted molar refractivity (Wildman–Crippen MR) is 87.4 cm³/mol. The normalized spacial score (nSPS) is 22.0. The Labute approximate surface area is 134 Å². The largest absolute Gasteiger partial charge is 0.352 e. The number of piperidine rings is 1. The highest BCUT2D eigenvalue weighted by atomic mass is 16.2. The van der Waals surface area contributed by atoms with Crippen molar-refractivity contribution in [2.24, 2.45) is 11.8 Å². The molecule has 1 atom stereocenters. The Morgan fingerprint density at radius 2 is 1.73 bits per heavy atom. The van der Waals surface area contributed by atoms with Gasteiger partial charge in [-0.25, -0.2) is 0 Å². The van der Waals surface area contributed by atoms with Crippen LogP contribution < -0.4 is 16.0 Å². The Balaban J connectivity index is 1.60. The number of carbonyl (C=O) groups excluding carboxylic acids is 2. The summed E-state index contributed by atoms with van der Waals surface area (Å²) in [4.78, 5) is 23.9. The summed E-state index contributed by atoms with van der Waals surface area (Å²) in [7, 11) is 0. The summed E-state index contributed by atoms with van der Waals surface area (Å²) in [6.07, 6.45) is 8.65. The average molecular weight is 309 g/mol. The third-order valence-corrected chi connectivity index (χ3v) is 5.11. The maximum Gasteiger partial charge on any atom is 0.239 e. The molecule has 1 unspecified atom stereocenters. The van der Waals surface area contributed by atoms with E-state index in [1.54, 1.807) is 0 Å². The minimum Gasteiger partial charge on any atom is -0.352 e. The van der Waals surface area contributed by atoms with E-state index >= 15 is 0 Å². The zero-order chi connectivity index (χ0) is 15.8. The summed E-state index contributed by atoms with van der Waals surface area (Å²) in [6, 6.07) is 0.312. The van der Waals surface area contributed by atoms with Crippen molar-refractivity contribution in [3.8, 4) is 0 Å². The molecule has 0 radical (unpaired) electrons. The van der Waals surface area contributed by atoms with E-state index in [-0.39, 0.29) is 18.4 Å². The van der Waals surface area contributed by atoms with Gasteiger partial charge in [0, 0.05) is 12.5 Å². The summed E-state index contributed by atoms with van der Waals surface area (Å²) < 4.78 is 0. The third-order valence-electron chi connectivity index (χ3n) is 5.11. The number of carbonyl (C=O) groups is 2. The summed E-state index contributed by atoms with van der Waals surface area (Å²) in [5.41, 5.74) is 0. The van der Waals surface area contributed by atoms with Crippen LogP contribution in [0.1, 0.15) is 58.3 Å². The lowest BCUT2D eigenvalue weighted by Gasteiger charge is -2.28. The molecule has 5 nitrogen and oxygen atoms in total. The van der Waals surface area contributed by atoms with Gasteiger partial charge in [-0.3, -0.25) is 9.59 Å². The van der Waals surface area contributed by atoms with E-state index in [0.717, 1.165) is 38.8 Å². The van der Waals surface area contributed by atoms with Crippen molar-refractivity contribution in [1.82, 2.24) is 16.0 Å². The molecule has 2 rings (SSSR count). The number of hydrogen-bond donors (Lipinski definition) is 3. The molecule has 0 aromatic carbocycles. The van der Waals surface area contributed by atoms with E-state index in [2.05, 4.69) is 22.9 Å². The van der Waals surface area contributed by atoms with Gasteiger partial charge in [0.05, 0.1) is 6.54 Å². The molecule has 3 N–H and O–H groups in total. The SMILES string of the molecule is CC(CC(=O)NCC(=O)NC1CCCCC1)C1CCNCC1. The summed E-state index contributed by atoms with van der Waals surface area (Å²) in [5, 5.41) is 9.15. The van der Waals surface area contributed by atoms with Gasteiger partial charge < -0.3 is 16.0 Å². The zero-order valence-electron chi connectivity index (χ0n) is 13.8. The lowest BCUT2D eigenvalue weighted by atomic mass is 9.84. The first-order valence-corrected chi connectivity index (χ1v) is 8.92. The molecule has 126 valence electrons. The molecule has 2 amide bonds. The number of rotatable bonds is 6. The van der Waals surface area contributed by atoms with Gasteiger partial charge in [-0.15, -0.1) is 0 Å². The molecule has 2 fully saturated rings. The fourth-order valence-electron chi connectivity index (χ4n) is 3.65. The van der Waals surface area contributed by atoms with Gasteiger partial charge in [-0.05, 0) is 50.6 Å². The Kier molecular flexibility index (Phi) is 7.16. The monoisotopic (exact) mass is 309 g/mol. The Morgan fingerprint density at radius 1 is 1.05 bits per heavy atom. The van der Waals surface area contributed by atoms with Gasteiger partial charge in [0.2, 0.25) is 11.8 Å². The lowest BCUT2D eigenvalue weighted by Crippen LogP contribution is -2.43. The van der Waals surface area contributed by atoms with Crippen LogP contribution in [-0.2, 0) is 9.59 Å². The molecule has 1 heterocycles. The second-order valence-corrected chi connectivity index (χ2v) is 6.95. The van der Waals surface area contributed by atoms with Gasteiger partial charge in [0.25, 0.3) is 0 Å². The quantitative estimate of drug-likeness (QED) is 0.697. The Hall–Kier alpha value is -1.10. The van der Waals surface area contributed by atoms with Crippen molar-refractivity contribution in [1.29, 1.82) is 0 Å². The molecular formula is C17H31N3O2. The second kappa shape index (κ2) is 9.13. The van der Waals surface area contributed by atoms with Crippen LogP contribution in [-0.4, -0.2) is 37.5 Å². The van der Waals surface area contributed by atoms with Crippen LogP contribution >= 0.6 is 0 Å². The zero-order valence-corrected chi connectivity index (χ0v) is 13.8. The third kappa shape index (κ3) is 5.95. The van der Waals surface area contributed by atoms with Crippen molar-refractivity contribution >= 4 is 11.8 Å². The maximum atomic E-state index is 12.0. The standard InChI is InChI=1S/C17H31N3O2/c1-13(14-7-9-18-10-8-14)11-16(21)19-12-17(22)20-15-5-3-2-4-6-15/h13-15,18H,2-12H2,1H3,(H,19,21)(H,20,22). The Bertz CT molecular complexity index is 361. The fourth-order valence-corrected chi connectivity index (χ4v) is 3.65. The fraction of sp³-hybridized carbons (Fsp3) is 0.882. The first-order chi connectivity index (χ1) is 10.6. The van der Waals surface area contributed by atoms with E-state index in [9.17, 15) is 9.59 Å². The molecule has 0 bridgehead atoms. The van der Waals surface area contributed by atoms with Gasteiger partial charge in [-0.1, -0.05) is 26.2 Å². The minimum atomic E-state index is -0.0465. The summed E-state index contributed by atoms with van der Waals surface area (Å²) in [6.45, 7) is 4.38. The highest BCUT2D eigenvalue weighted by molar-refractivity contribution is 5.84. The Morgan fingerprint density at radius 3 is 2.41 bits per heavy atom. The van der Waals surface area contributed by atoms with E-state index in [0.29, 0.717) is 24.3 Å². The van der Waals surface area contributed by atoms with Crippen molar-refractivity contribution in [3.05, 3.63) is 0 Å². The van der Waals surface area contributed by atoms with E-state index in [1.807, 2.05) is 0 Å². The molecule has 5 heteroatoms. The number of nitrogens with one attached hydrogen (secondary N) is 3. The second-order valence-electron chi connectivity index (χ2n) is 6.95. The molecule has 2 aliphatic rings. The van der Waals surface area contributed by atoms with Gasteiger partial charge in [0.15, 0.2) is 0 Å². The van der Waals surface area contributed by atoms with Gasteiger partial charge in [-0.2, -0.15) is 0 Å². The topological polar surface area (TPSA) is 70.2 Å². The van der Waals surface area contributed by atoms with Gasteiger partial charge in [0.1, 0.15) is 0 Å². The molecule has 22 heavy (non-hydrogen) atoms. The van der Waals surface area contributed by atoms with E-state index in [1.165, 1.54) is 19.3 Å². The summed E-state index contributed by atoms with van der Waals surface area (Å²) >= 11 is 0. The van der Waals surface area contributed by atoms with Crippen molar-refractivity contribution in [3.63, 3.8) is 0 Å². The molecule has 0 spiro atoms. The molecule has 1 saturated carbocycles. The lowest BCUT2D eigenvalue weighted by molar-refractivity contribution is -0.127. The van der Waals surface area contributed by atoms with Crippen LogP contribution in [0.5, 0.6) is 0 Å². The van der Waals surface area contributed by atoms with Crippen LogP contribution in [0.15, 0.2) is 0 Å². The van der Waals surface area contributed by atoms with E-state index in [4.69, 9.17) is 0 Å². The van der Waals surface area contributed by atoms with Gasteiger partial charge >= 0.3 is 0 Å².